The van der Waals surface area contributed by atoms with E-state index < -0.39 is 6.03 Å². The van der Waals surface area contributed by atoms with Crippen molar-refractivity contribution in [3.8, 4) is 5.75 Å². The van der Waals surface area contributed by atoms with Crippen LogP contribution in [0.1, 0.15) is 5.56 Å². The van der Waals surface area contributed by atoms with Crippen LogP contribution in [-0.4, -0.2) is 24.8 Å². The van der Waals surface area contributed by atoms with Crippen molar-refractivity contribution >= 4 is 41.1 Å². The number of ether oxygens (including phenoxy) is 1. The zero-order valence-corrected chi connectivity index (χ0v) is 16.6. The normalized spacial score (nSPS) is 10.4. The first-order valence-electron chi connectivity index (χ1n) is 9.02. The van der Waals surface area contributed by atoms with Crippen molar-refractivity contribution in [2.24, 2.45) is 5.10 Å². The second-order valence-corrected chi connectivity index (χ2v) is 6.54. The Morgan fingerprint density at radius 1 is 0.900 bits per heavy atom. The van der Waals surface area contributed by atoms with Crippen molar-refractivity contribution < 1.29 is 14.3 Å². The van der Waals surface area contributed by atoms with Gasteiger partial charge in [0, 0.05) is 16.4 Å². The van der Waals surface area contributed by atoms with Crippen LogP contribution in [0.3, 0.4) is 0 Å². The van der Waals surface area contributed by atoms with Crippen molar-refractivity contribution in [2.75, 3.05) is 17.2 Å². The van der Waals surface area contributed by atoms with E-state index in [0.29, 0.717) is 22.1 Å². The molecule has 8 heteroatoms. The molecule has 0 atom stereocenters. The first-order valence-corrected chi connectivity index (χ1v) is 9.40. The Balaban J connectivity index is 1.42. The molecule has 3 amide bonds. The Hall–Kier alpha value is -3.84. The van der Waals surface area contributed by atoms with Gasteiger partial charge in [0.1, 0.15) is 5.75 Å². The Morgan fingerprint density at radius 3 is 2.37 bits per heavy atom. The molecular formula is C22H19ClN4O3. The number of hydrogen-bond acceptors (Lipinski definition) is 4. The molecule has 0 aliphatic carbocycles. The smallest absolute Gasteiger partial charge is 0.339 e. The molecule has 0 spiro atoms. The molecule has 0 aromatic heterocycles. The maximum Gasteiger partial charge on any atom is 0.339 e. The monoisotopic (exact) mass is 422 g/mol. The number of benzene rings is 3. The summed E-state index contributed by atoms with van der Waals surface area (Å²) >= 11 is 5.89. The van der Waals surface area contributed by atoms with E-state index in [-0.39, 0.29) is 12.5 Å². The van der Waals surface area contributed by atoms with E-state index in [0.717, 1.165) is 5.56 Å². The third kappa shape index (κ3) is 6.96. The standard InChI is InChI=1S/C22H19ClN4O3/c23-17-5-4-8-19(13-17)25-21(28)15-30-20-11-9-16(10-12-20)14-24-27-22(29)26-18-6-2-1-3-7-18/h1-14H,15H2,(H,25,28)(H2,26,27,29)/b24-14-. The third-order valence-corrected chi connectivity index (χ3v) is 4.00. The second-order valence-electron chi connectivity index (χ2n) is 6.11. The lowest BCUT2D eigenvalue weighted by molar-refractivity contribution is -0.118. The van der Waals surface area contributed by atoms with Crippen LogP contribution >= 0.6 is 11.6 Å². The highest BCUT2D eigenvalue weighted by atomic mass is 35.5. The molecule has 0 saturated carbocycles. The van der Waals surface area contributed by atoms with Crippen molar-refractivity contribution in [2.45, 2.75) is 0 Å². The number of nitrogens with one attached hydrogen (secondary N) is 3. The highest BCUT2D eigenvalue weighted by molar-refractivity contribution is 6.30. The van der Waals surface area contributed by atoms with Crippen LogP contribution in [0.2, 0.25) is 5.02 Å². The molecule has 7 nitrogen and oxygen atoms in total. The van der Waals surface area contributed by atoms with Crippen molar-refractivity contribution in [1.29, 1.82) is 0 Å². The molecule has 0 heterocycles. The zero-order valence-electron chi connectivity index (χ0n) is 15.8. The van der Waals surface area contributed by atoms with E-state index in [9.17, 15) is 9.59 Å². The highest BCUT2D eigenvalue weighted by Gasteiger charge is 2.04. The second kappa shape index (κ2) is 10.6. The number of hydrazone groups is 1. The van der Waals surface area contributed by atoms with Gasteiger partial charge in [0.15, 0.2) is 6.61 Å². The molecule has 3 rings (SSSR count). The van der Waals surface area contributed by atoms with Gasteiger partial charge in [0.2, 0.25) is 0 Å². The fraction of sp³-hybridized carbons (Fsp3) is 0.0455. The van der Waals surface area contributed by atoms with E-state index in [2.05, 4.69) is 21.2 Å². The average molecular weight is 423 g/mol. The van der Waals surface area contributed by atoms with Gasteiger partial charge in [-0.1, -0.05) is 35.9 Å². The van der Waals surface area contributed by atoms with E-state index in [4.69, 9.17) is 16.3 Å². The van der Waals surface area contributed by atoms with Crippen LogP contribution in [0, 0.1) is 0 Å². The van der Waals surface area contributed by atoms with Gasteiger partial charge in [-0.3, -0.25) is 4.79 Å². The predicted molar refractivity (Wildman–Crippen MR) is 118 cm³/mol. The molecule has 0 aliphatic heterocycles. The Kier molecular flexibility index (Phi) is 7.40. The number of amides is 3. The first-order chi connectivity index (χ1) is 14.6. The lowest BCUT2D eigenvalue weighted by Crippen LogP contribution is -2.24. The largest absolute Gasteiger partial charge is 0.484 e. The van der Waals surface area contributed by atoms with E-state index in [1.54, 1.807) is 60.7 Å². The number of halogens is 1. The Labute approximate surface area is 178 Å². The highest BCUT2D eigenvalue weighted by Crippen LogP contribution is 2.15. The van der Waals surface area contributed by atoms with Crippen LogP contribution in [0.4, 0.5) is 16.2 Å². The quantitative estimate of drug-likeness (QED) is 0.386. The number of nitrogens with zero attached hydrogens (tertiary/aromatic N) is 1. The first kappa shape index (κ1) is 20.9. The number of carbonyl (C=O) groups is 2. The summed E-state index contributed by atoms with van der Waals surface area (Å²) in [6.07, 6.45) is 1.50. The number of urea groups is 1. The number of hydrogen-bond donors (Lipinski definition) is 3. The summed E-state index contributed by atoms with van der Waals surface area (Å²) in [6, 6.07) is 22.4. The maximum atomic E-state index is 12.0. The van der Waals surface area contributed by atoms with Gasteiger partial charge in [-0.15, -0.1) is 0 Å². The summed E-state index contributed by atoms with van der Waals surface area (Å²) in [5, 5.41) is 9.79. The van der Waals surface area contributed by atoms with Crippen LogP contribution in [-0.2, 0) is 4.79 Å². The maximum absolute atomic E-state index is 12.0. The van der Waals surface area contributed by atoms with Crippen LogP contribution in [0.15, 0.2) is 84.0 Å². The van der Waals surface area contributed by atoms with Crippen molar-refractivity contribution in [3.63, 3.8) is 0 Å². The molecule has 0 unspecified atom stereocenters. The van der Waals surface area contributed by atoms with E-state index >= 15 is 0 Å². The van der Waals surface area contributed by atoms with Crippen LogP contribution in [0.25, 0.3) is 0 Å². The van der Waals surface area contributed by atoms with Crippen LogP contribution in [0.5, 0.6) is 5.75 Å². The topological polar surface area (TPSA) is 91.8 Å². The summed E-state index contributed by atoms with van der Waals surface area (Å²) < 4.78 is 5.47. The van der Waals surface area contributed by atoms with E-state index in [1.165, 1.54) is 6.21 Å². The summed E-state index contributed by atoms with van der Waals surface area (Å²) in [6.45, 7) is -0.138. The number of anilines is 2. The summed E-state index contributed by atoms with van der Waals surface area (Å²) in [4.78, 5) is 23.7. The third-order valence-electron chi connectivity index (χ3n) is 3.77. The number of rotatable bonds is 7. The molecule has 0 aliphatic rings. The lowest BCUT2D eigenvalue weighted by atomic mass is 10.2. The lowest BCUT2D eigenvalue weighted by Gasteiger charge is -2.08. The predicted octanol–water partition coefficient (Wildman–Crippen LogP) is 4.51. The van der Waals surface area contributed by atoms with Crippen molar-refractivity contribution in [1.82, 2.24) is 5.43 Å². The molecular weight excluding hydrogens is 404 g/mol. The van der Waals surface area contributed by atoms with E-state index in [1.807, 2.05) is 18.2 Å². The molecule has 3 aromatic carbocycles. The minimum atomic E-state index is -0.442. The van der Waals surface area contributed by atoms with Gasteiger partial charge in [0.05, 0.1) is 6.21 Å². The minimum Gasteiger partial charge on any atom is -0.484 e. The summed E-state index contributed by atoms with van der Waals surface area (Å²) in [5.74, 6) is 0.236. The number of carbonyl (C=O) groups excluding carboxylic acids is 2. The molecule has 30 heavy (non-hydrogen) atoms. The van der Waals surface area contributed by atoms with Gasteiger partial charge in [-0.2, -0.15) is 5.10 Å². The Bertz CT molecular complexity index is 1020. The fourth-order valence-corrected chi connectivity index (χ4v) is 2.60. The Morgan fingerprint density at radius 2 is 1.63 bits per heavy atom. The summed E-state index contributed by atoms with van der Waals surface area (Å²) in [7, 11) is 0. The molecule has 0 saturated heterocycles. The van der Waals surface area contributed by atoms with Crippen LogP contribution < -0.4 is 20.8 Å². The van der Waals surface area contributed by atoms with Gasteiger partial charge in [-0.05, 0) is 60.2 Å². The zero-order chi connectivity index (χ0) is 21.2. The SMILES string of the molecule is O=C(COc1ccc(/C=N\NC(=O)Nc2ccccc2)cc1)Nc1cccc(Cl)c1. The molecule has 0 radical (unpaired) electrons. The molecule has 3 aromatic rings. The average Bonchev–Trinajstić information content (AvgIpc) is 2.74. The molecule has 3 N–H and O–H groups in total. The van der Waals surface area contributed by atoms with Gasteiger partial charge in [0.25, 0.3) is 5.91 Å². The number of para-hydroxylation sites is 1. The van der Waals surface area contributed by atoms with Gasteiger partial charge >= 0.3 is 6.03 Å². The minimum absolute atomic E-state index is 0.138. The molecule has 152 valence electrons. The van der Waals surface area contributed by atoms with Gasteiger partial charge < -0.3 is 15.4 Å². The molecule has 0 fully saturated rings. The summed E-state index contributed by atoms with van der Waals surface area (Å²) in [5.41, 5.74) is 4.42. The van der Waals surface area contributed by atoms with Gasteiger partial charge in [-0.25, -0.2) is 10.2 Å². The molecule has 0 bridgehead atoms. The fourth-order valence-electron chi connectivity index (χ4n) is 2.41. The van der Waals surface area contributed by atoms with Crippen molar-refractivity contribution in [3.05, 3.63) is 89.4 Å².